The van der Waals surface area contributed by atoms with Gasteiger partial charge in [0.25, 0.3) is 0 Å². The number of aliphatic hydroxyl groups is 1. The van der Waals surface area contributed by atoms with Crippen LogP contribution in [0.4, 0.5) is 0 Å². The van der Waals surface area contributed by atoms with Gasteiger partial charge in [-0.25, -0.2) is 0 Å². The van der Waals surface area contributed by atoms with Crippen molar-refractivity contribution in [2.45, 2.75) is 52.2 Å². The van der Waals surface area contributed by atoms with Crippen LogP contribution in [-0.4, -0.2) is 20.0 Å². The van der Waals surface area contributed by atoms with Gasteiger partial charge in [-0.15, -0.1) is 0 Å². The fourth-order valence-electron chi connectivity index (χ4n) is 1.78. The Morgan fingerprint density at radius 1 is 1.30 bits per heavy atom. The Balaban J connectivity index is 3.03. The Kier molecular flexibility index (Phi) is 5.60. The maximum atomic E-state index is 9.09. The van der Waals surface area contributed by atoms with Crippen LogP contribution in [0.2, 0.25) is 18.1 Å². The molecule has 0 bridgehead atoms. The second-order valence-corrected chi connectivity index (χ2v) is 11.4. The first kappa shape index (κ1) is 17.0. The van der Waals surface area contributed by atoms with Gasteiger partial charge in [-0.05, 0) is 47.8 Å². The first-order valence-electron chi connectivity index (χ1n) is 7.30. The maximum Gasteiger partial charge on any atom is 0.250 e. The number of allylic oxidation sites excluding steroid dienone is 1. The van der Waals surface area contributed by atoms with Crippen LogP contribution in [0.25, 0.3) is 5.57 Å². The van der Waals surface area contributed by atoms with E-state index in [4.69, 9.17) is 9.53 Å². The molecule has 0 unspecified atom stereocenters. The van der Waals surface area contributed by atoms with Crippen molar-refractivity contribution < 1.29 is 9.53 Å². The summed E-state index contributed by atoms with van der Waals surface area (Å²) >= 11 is 0. The first-order chi connectivity index (χ1) is 9.21. The average Bonchev–Trinajstić information content (AvgIpc) is 2.34. The third kappa shape index (κ3) is 4.22. The molecule has 0 saturated carbocycles. The molecule has 2 nitrogen and oxygen atoms in total. The van der Waals surface area contributed by atoms with Crippen LogP contribution in [0, 0.1) is 0 Å². The smallest absolute Gasteiger partial charge is 0.250 e. The number of benzene rings is 1. The molecule has 0 radical (unpaired) electrons. The lowest BCUT2D eigenvalue weighted by atomic mass is 10.0. The molecule has 0 spiro atoms. The molecule has 0 aliphatic carbocycles. The van der Waals surface area contributed by atoms with Crippen LogP contribution in [0.1, 0.15) is 39.7 Å². The highest BCUT2D eigenvalue weighted by atomic mass is 28.4. The van der Waals surface area contributed by atoms with Crippen LogP contribution in [-0.2, 0) is 0 Å². The van der Waals surface area contributed by atoms with Gasteiger partial charge < -0.3 is 9.53 Å². The second-order valence-electron chi connectivity index (χ2n) is 6.66. The van der Waals surface area contributed by atoms with E-state index in [0.717, 1.165) is 23.3 Å². The van der Waals surface area contributed by atoms with Crippen molar-refractivity contribution in [3.63, 3.8) is 0 Å². The van der Waals surface area contributed by atoms with Gasteiger partial charge in [-0.3, -0.25) is 0 Å². The predicted octanol–water partition coefficient (Wildman–Crippen LogP) is 4.86. The summed E-state index contributed by atoms with van der Waals surface area (Å²) in [4.78, 5) is 0. The molecule has 0 aliphatic heterocycles. The van der Waals surface area contributed by atoms with Crippen molar-refractivity contribution in [1.82, 2.24) is 0 Å². The zero-order chi connectivity index (χ0) is 15.4. The molecule has 1 rings (SSSR count). The topological polar surface area (TPSA) is 29.5 Å². The van der Waals surface area contributed by atoms with Crippen molar-refractivity contribution >= 4 is 13.9 Å². The lowest BCUT2D eigenvalue weighted by Crippen LogP contribution is -2.43. The normalized spacial score (nSPS) is 13.4. The van der Waals surface area contributed by atoms with Crippen LogP contribution in [0.15, 0.2) is 30.3 Å². The molecule has 1 N–H and O–H groups in total. The van der Waals surface area contributed by atoms with E-state index < -0.39 is 8.32 Å². The Morgan fingerprint density at radius 2 is 1.95 bits per heavy atom. The summed E-state index contributed by atoms with van der Waals surface area (Å²) in [5.74, 6) is 0.936. The highest BCUT2D eigenvalue weighted by Gasteiger charge is 2.38. The Bertz CT molecular complexity index is 470. The van der Waals surface area contributed by atoms with Gasteiger partial charge in [0.05, 0.1) is 6.61 Å². The van der Waals surface area contributed by atoms with Crippen LogP contribution < -0.4 is 4.43 Å². The second kappa shape index (κ2) is 6.59. The molecule has 0 fully saturated rings. The van der Waals surface area contributed by atoms with E-state index >= 15 is 0 Å². The highest BCUT2D eigenvalue weighted by molar-refractivity contribution is 6.74. The van der Waals surface area contributed by atoms with Gasteiger partial charge >= 0.3 is 0 Å². The SMILES string of the molecule is CCC(=CCO)c1cccc(O[Si](C)(C)C(C)(C)C)c1. The summed E-state index contributed by atoms with van der Waals surface area (Å²) < 4.78 is 6.33. The quantitative estimate of drug-likeness (QED) is 0.786. The summed E-state index contributed by atoms with van der Waals surface area (Å²) in [6.07, 6.45) is 2.77. The van der Waals surface area contributed by atoms with E-state index in [1.807, 2.05) is 18.2 Å². The number of rotatable bonds is 5. The predicted molar refractivity (Wildman–Crippen MR) is 89.6 cm³/mol. The van der Waals surface area contributed by atoms with Crippen LogP contribution in [0.3, 0.4) is 0 Å². The molecular weight excluding hydrogens is 264 g/mol. The number of hydrogen-bond acceptors (Lipinski definition) is 2. The largest absolute Gasteiger partial charge is 0.543 e. The Labute approximate surface area is 124 Å². The summed E-state index contributed by atoms with van der Waals surface area (Å²) in [7, 11) is -1.80. The lowest BCUT2D eigenvalue weighted by molar-refractivity contribution is 0.343. The van der Waals surface area contributed by atoms with Crippen molar-refractivity contribution in [1.29, 1.82) is 0 Å². The van der Waals surface area contributed by atoms with Gasteiger partial charge in [-0.1, -0.05) is 45.9 Å². The molecule has 0 atom stereocenters. The number of aliphatic hydroxyl groups excluding tert-OH is 1. The Hall–Kier alpha value is -1.06. The van der Waals surface area contributed by atoms with E-state index in [-0.39, 0.29) is 11.6 Å². The molecular formula is C17H28O2Si. The van der Waals surface area contributed by atoms with E-state index in [9.17, 15) is 0 Å². The zero-order valence-electron chi connectivity index (χ0n) is 13.7. The minimum Gasteiger partial charge on any atom is -0.543 e. The Morgan fingerprint density at radius 3 is 2.45 bits per heavy atom. The van der Waals surface area contributed by atoms with Crippen molar-refractivity contribution in [3.8, 4) is 5.75 Å². The molecule has 0 aliphatic rings. The van der Waals surface area contributed by atoms with E-state index in [1.54, 1.807) is 0 Å². The summed E-state index contributed by atoms with van der Waals surface area (Å²) in [5, 5.41) is 9.28. The fourth-order valence-corrected chi connectivity index (χ4v) is 2.81. The summed E-state index contributed by atoms with van der Waals surface area (Å²) in [6, 6.07) is 8.21. The summed E-state index contributed by atoms with van der Waals surface area (Å²) in [6.45, 7) is 13.4. The van der Waals surface area contributed by atoms with Crippen molar-refractivity contribution in [3.05, 3.63) is 35.9 Å². The lowest BCUT2D eigenvalue weighted by Gasteiger charge is -2.36. The van der Waals surface area contributed by atoms with Gasteiger partial charge in [-0.2, -0.15) is 0 Å². The molecule has 1 aromatic carbocycles. The minimum absolute atomic E-state index is 0.0799. The average molecular weight is 292 g/mol. The number of hydrogen-bond donors (Lipinski definition) is 1. The zero-order valence-corrected chi connectivity index (χ0v) is 14.7. The molecule has 20 heavy (non-hydrogen) atoms. The molecule has 112 valence electrons. The van der Waals surface area contributed by atoms with Crippen molar-refractivity contribution in [2.24, 2.45) is 0 Å². The molecule has 3 heteroatoms. The van der Waals surface area contributed by atoms with Gasteiger partial charge in [0.1, 0.15) is 5.75 Å². The third-order valence-corrected chi connectivity index (χ3v) is 8.46. The van der Waals surface area contributed by atoms with Gasteiger partial charge in [0, 0.05) is 0 Å². The van der Waals surface area contributed by atoms with E-state index in [2.05, 4.69) is 52.9 Å². The molecule has 0 amide bonds. The minimum atomic E-state index is -1.80. The standard InChI is InChI=1S/C17H28O2Si/c1-7-14(11-12-18)15-9-8-10-16(13-15)19-20(5,6)17(2,3)4/h8-11,13,18H,7,12H2,1-6H3. The maximum absolute atomic E-state index is 9.09. The summed E-state index contributed by atoms with van der Waals surface area (Å²) in [5.41, 5.74) is 2.30. The monoisotopic (exact) mass is 292 g/mol. The molecule has 0 heterocycles. The molecule has 0 saturated heterocycles. The van der Waals surface area contributed by atoms with Gasteiger partial charge in [0.2, 0.25) is 8.32 Å². The van der Waals surface area contributed by atoms with Crippen molar-refractivity contribution in [2.75, 3.05) is 6.61 Å². The van der Waals surface area contributed by atoms with E-state index in [0.29, 0.717) is 0 Å². The molecule has 0 aromatic heterocycles. The molecule has 1 aromatic rings. The third-order valence-electron chi connectivity index (χ3n) is 4.10. The van der Waals surface area contributed by atoms with Crippen LogP contribution in [0.5, 0.6) is 5.75 Å². The highest BCUT2D eigenvalue weighted by Crippen LogP contribution is 2.37. The van der Waals surface area contributed by atoms with Crippen LogP contribution >= 0.6 is 0 Å². The van der Waals surface area contributed by atoms with Gasteiger partial charge in [0.15, 0.2) is 0 Å². The van der Waals surface area contributed by atoms with E-state index in [1.165, 1.54) is 0 Å². The first-order valence-corrected chi connectivity index (χ1v) is 10.2. The fraction of sp³-hybridized carbons (Fsp3) is 0.529.